The highest BCUT2D eigenvalue weighted by molar-refractivity contribution is 9.10. The Morgan fingerprint density at radius 1 is 1.39 bits per heavy atom. The van der Waals surface area contributed by atoms with Crippen molar-refractivity contribution in [2.75, 3.05) is 6.61 Å². The summed E-state index contributed by atoms with van der Waals surface area (Å²) in [5, 5.41) is 0.225. The normalized spacial score (nSPS) is 12.6. The second-order valence-electron chi connectivity index (χ2n) is 6.04. The number of hydrogen-bond acceptors (Lipinski definition) is 2. The standard InChI is InChI=1S/C14H22BrNOSi/c1-11(12-7-13(15)9-16-8-12)10-17-18(5,6)14(2,3)4/h7-9H,1,10H2,2-6H3. The molecule has 0 bridgehead atoms. The summed E-state index contributed by atoms with van der Waals surface area (Å²) in [5.74, 6) is 0. The van der Waals surface area contributed by atoms with Gasteiger partial charge in [0.25, 0.3) is 0 Å². The van der Waals surface area contributed by atoms with Gasteiger partial charge in [-0.1, -0.05) is 27.4 Å². The molecule has 18 heavy (non-hydrogen) atoms. The summed E-state index contributed by atoms with van der Waals surface area (Å²) in [5.41, 5.74) is 2.01. The quantitative estimate of drug-likeness (QED) is 0.735. The molecule has 0 aliphatic rings. The van der Waals surface area contributed by atoms with E-state index in [1.54, 1.807) is 6.20 Å². The molecule has 0 N–H and O–H groups in total. The lowest BCUT2D eigenvalue weighted by Gasteiger charge is -2.36. The summed E-state index contributed by atoms with van der Waals surface area (Å²) in [6.07, 6.45) is 3.59. The zero-order valence-electron chi connectivity index (χ0n) is 11.9. The fourth-order valence-corrected chi connectivity index (χ4v) is 2.51. The maximum Gasteiger partial charge on any atom is 0.192 e. The largest absolute Gasteiger partial charge is 0.413 e. The molecule has 0 aliphatic heterocycles. The zero-order chi connectivity index (χ0) is 14.0. The van der Waals surface area contributed by atoms with E-state index in [-0.39, 0.29) is 5.04 Å². The molecule has 4 heteroatoms. The van der Waals surface area contributed by atoms with Crippen molar-refractivity contribution >= 4 is 29.8 Å². The van der Waals surface area contributed by atoms with Crippen molar-refractivity contribution in [2.45, 2.75) is 38.9 Å². The molecule has 1 rings (SSSR count). The summed E-state index contributed by atoms with van der Waals surface area (Å²) in [4.78, 5) is 4.15. The molecule has 0 spiro atoms. The Morgan fingerprint density at radius 3 is 2.50 bits per heavy atom. The highest BCUT2D eigenvalue weighted by Gasteiger charge is 2.37. The Morgan fingerprint density at radius 2 is 2.00 bits per heavy atom. The number of nitrogens with zero attached hydrogens (tertiary/aromatic N) is 1. The lowest BCUT2D eigenvalue weighted by molar-refractivity contribution is 0.334. The molecule has 1 aromatic heterocycles. The van der Waals surface area contributed by atoms with Crippen LogP contribution in [0.2, 0.25) is 18.1 Å². The Balaban J connectivity index is 2.68. The van der Waals surface area contributed by atoms with Gasteiger partial charge in [-0.3, -0.25) is 4.98 Å². The van der Waals surface area contributed by atoms with Gasteiger partial charge in [-0.2, -0.15) is 0 Å². The summed E-state index contributed by atoms with van der Waals surface area (Å²) in [6, 6.07) is 2.02. The van der Waals surface area contributed by atoms with E-state index in [0.717, 1.165) is 15.6 Å². The summed E-state index contributed by atoms with van der Waals surface area (Å²) in [7, 11) is -1.71. The average Bonchev–Trinajstić information content (AvgIpc) is 2.24. The third-order valence-electron chi connectivity index (χ3n) is 3.53. The Kier molecular flexibility index (Phi) is 4.92. The fraction of sp³-hybridized carbons (Fsp3) is 0.500. The van der Waals surface area contributed by atoms with Crippen LogP contribution < -0.4 is 0 Å². The number of aromatic nitrogens is 1. The summed E-state index contributed by atoms with van der Waals surface area (Å²) in [6.45, 7) is 15.9. The Bertz CT molecular complexity index is 438. The van der Waals surface area contributed by atoms with Gasteiger partial charge < -0.3 is 4.43 Å². The maximum atomic E-state index is 6.15. The first-order valence-electron chi connectivity index (χ1n) is 6.06. The monoisotopic (exact) mass is 327 g/mol. The van der Waals surface area contributed by atoms with E-state index in [9.17, 15) is 0 Å². The van der Waals surface area contributed by atoms with Crippen molar-refractivity contribution < 1.29 is 4.43 Å². The lowest BCUT2D eigenvalue weighted by Crippen LogP contribution is -2.41. The van der Waals surface area contributed by atoms with Gasteiger partial charge in [0.2, 0.25) is 0 Å². The van der Waals surface area contributed by atoms with E-state index < -0.39 is 8.32 Å². The minimum atomic E-state index is -1.71. The van der Waals surface area contributed by atoms with E-state index in [1.165, 1.54) is 0 Å². The van der Waals surface area contributed by atoms with Crippen LogP contribution in [-0.4, -0.2) is 19.9 Å². The van der Waals surface area contributed by atoms with Gasteiger partial charge in [-0.05, 0) is 51.3 Å². The van der Waals surface area contributed by atoms with Crippen LogP contribution in [0.3, 0.4) is 0 Å². The van der Waals surface area contributed by atoms with Gasteiger partial charge in [-0.15, -0.1) is 0 Å². The number of rotatable bonds is 4. The SMILES string of the molecule is C=C(CO[Si](C)(C)C(C)(C)C)c1cncc(Br)c1. The second kappa shape index (κ2) is 5.68. The number of halogens is 1. The number of pyridine rings is 1. The molecule has 0 atom stereocenters. The predicted octanol–water partition coefficient (Wildman–Crippen LogP) is 4.88. The fourth-order valence-electron chi connectivity index (χ4n) is 1.17. The van der Waals surface area contributed by atoms with Gasteiger partial charge in [0.15, 0.2) is 8.32 Å². The molecule has 1 heterocycles. The van der Waals surface area contributed by atoms with Crippen LogP contribution >= 0.6 is 15.9 Å². The smallest absolute Gasteiger partial charge is 0.192 e. The van der Waals surface area contributed by atoms with Gasteiger partial charge in [0.05, 0.1) is 6.61 Å². The summed E-state index contributed by atoms with van der Waals surface area (Å²) >= 11 is 3.42. The van der Waals surface area contributed by atoms with E-state index in [2.05, 4.69) is 61.4 Å². The third kappa shape index (κ3) is 4.04. The van der Waals surface area contributed by atoms with E-state index in [0.29, 0.717) is 6.61 Å². The van der Waals surface area contributed by atoms with Crippen molar-refractivity contribution in [2.24, 2.45) is 0 Å². The molecule has 1 aromatic rings. The van der Waals surface area contributed by atoms with Gasteiger partial charge in [0, 0.05) is 16.9 Å². The third-order valence-corrected chi connectivity index (χ3v) is 8.44. The maximum absolute atomic E-state index is 6.15. The van der Waals surface area contributed by atoms with Crippen molar-refractivity contribution in [1.82, 2.24) is 4.98 Å². The minimum absolute atomic E-state index is 0.225. The molecule has 0 amide bonds. The van der Waals surface area contributed by atoms with E-state index in [1.807, 2.05) is 12.3 Å². The van der Waals surface area contributed by atoms with Crippen LogP contribution in [0.25, 0.3) is 5.57 Å². The van der Waals surface area contributed by atoms with Crippen molar-refractivity contribution in [1.29, 1.82) is 0 Å². The molecule has 0 saturated carbocycles. The molecule has 2 nitrogen and oxygen atoms in total. The summed E-state index contributed by atoms with van der Waals surface area (Å²) < 4.78 is 7.11. The van der Waals surface area contributed by atoms with Crippen molar-refractivity contribution in [3.05, 3.63) is 35.1 Å². The van der Waals surface area contributed by atoms with Gasteiger partial charge in [0.1, 0.15) is 0 Å². The first-order valence-corrected chi connectivity index (χ1v) is 9.76. The molecule has 100 valence electrons. The highest BCUT2D eigenvalue weighted by atomic mass is 79.9. The van der Waals surface area contributed by atoms with Crippen LogP contribution in [0.15, 0.2) is 29.5 Å². The molecule has 0 fully saturated rings. The van der Waals surface area contributed by atoms with Crippen LogP contribution in [0, 0.1) is 0 Å². The molecular formula is C14H22BrNOSi. The Hall–Kier alpha value is -0.453. The second-order valence-corrected chi connectivity index (χ2v) is 11.8. The van der Waals surface area contributed by atoms with Crippen LogP contribution in [0.5, 0.6) is 0 Å². The van der Waals surface area contributed by atoms with Crippen LogP contribution in [0.1, 0.15) is 26.3 Å². The molecule has 0 saturated heterocycles. The van der Waals surface area contributed by atoms with Crippen LogP contribution in [0.4, 0.5) is 0 Å². The highest BCUT2D eigenvalue weighted by Crippen LogP contribution is 2.37. The van der Waals surface area contributed by atoms with Crippen LogP contribution in [-0.2, 0) is 4.43 Å². The van der Waals surface area contributed by atoms with Gasteiger partial charge >= 0.3 is 0 Å². The molecule has 0 unspecified atom stereocenters. The predicted molar refractivity (Wildman–Crippen MR) is 84.1 cm³/mol. The first kappa shape index (κ1) is 15.6. The lowest BCUT2D eigenvalue weighted by atomic mass is 10.1. The Labute approximate surface area is 120 Å². The molecule has 0 aromatic carbocycles. The minimum Gasteiger partial charge on any atom is -0.413 e. The van der Waals surface area contributed by atoms with Crippen molar-refractivity contribution in [3.8, 4) is 0 Å². The topological polar surface area (TPSA) is 22.1 Å². The zero-order valence-corrected chi connectivity index (χ0v) is 14.5. The first-order chi connectivity index (χ1) is 8.13. The van der Waals surface area contributed by atoms with E-state index >= 15 is 0 Å². The molecular weight excluding hydrogens is 306 g/mol. The van der Waals surface area contributed by atoms with Gasteiger partial charge in [-0.25, -0.2) is 0 Å². The molecule has 0 radical (unpaired) electrons. The molecule has 0 aliphatic carbocycles. The van der Waals surface area contributed by atoms with Crippen molar-refractivity contribution in [3.63, 3.8) is 0 Å². The average molecular weight is 328 g/mol. The number of hydrogen-bond donors (Lipinski definition) is 0. The van der Waals surface area contributed by atoms with E-state index in [4.69, 9.17) is 4.43 Å².